The summed E-state index contributed by atoms with van der Waals surface area (Å²) >= 11 is 5.65. The lowest BCUT2D eigenvalue weighted by molar-refractivity contribution is -0.370. The summed E-state index contributed by atoms with van der Waals surface area (Å²) in [5.41, 5.74) is -2.35. The van der Waals surface area contributed by atoms with Gasteiger partial charge >= 0.3 is 6.03 Å². The van der Waals surface area contributed by atoms with E-state index < -0.39 is 42.4 Å². The number of ether oxygens (including phenoxy) is 1. The van der Waals surface area contributed by atoms with Gasteiger partial charge in [-0.05, 0) is 18.8 Å². The molecule has 1 aliphatic heterocycles. The Morgan fingerprint density at radius 1 is 1.21 bits per heavy atom. The van der Waals surface area contributed by atoms with Crippen LogP contribution in [-0.4, -0.2) is 85.2 Å². The first-order chi connectivity index (χ1) is 13.6. The molecule has 11 heteroatoms. The SMILES string of the molecule is CC(C)C[C@]1(O)OC[C@](O)(N(C(=O)N(CCCl)N=O)C2CCCCC2)[C@@H](O)[C@@H]1O. The Kier molecular flexibility index (Phi) is 8.23. The number of aliphatic hydroxyl groups excluding tert-OH is 2. The average Bonchev–Trinajstić information content (AvgIpc) is 2.68. The Balaban J connectivity index is 2.38. The predicted octanol–water partition coefficient (Wildman–Crippen LogP) is 1.14. The number of rotatable bonds is 7. The normalized spacial score (nSPS) is 33.5. The molecule has 4 N–H and O–H groups in total. The Bertz CT molecular complexity index is 578. The molecular weight excluding hydrogens is 406 g/mol. The Morgan fingerprint density at radius 2 is 1.83 bits per heavy atom. The number of aliphatic hydroxyl groups is 4. The van der Waals surface area contributed by atoms with Crippen LogP contribution in [0.4, 0.5) is 4.79 Å². The number of nitroso groups, excluding NO2 is 1. The van der Waals surface area contributed by atoms with Crippen LogP contribution in [0.15, 0.2) is 5.29 Å². The van der Waals surface area contributed by atoms with Crippen LogP contribution in [0.3, 0.4) is 0 Å². The summed E-state index contributed by atoms with van der Waals surface area (Å²) in [6, 6.07) is -1.43. The van der Waals surface area contributed by atoms with Gasteiger partial charge in [-0.25, -0.2) is 4.79 Å². The largest absolute Gasteiger partial charge is 0.385 e. The van der Waals surface area contributed by atoms with Crippen molar-refractivity contribution in [3.05, 3.63) is 4.91 Å². The molecule has 29 heavy (non-hydrogen) atoms. The van der Waals surface area contributed by atoms with E-state index in [2.05, 4.69) is 5.29 Å². The monoisotopic (exact) mass is 437 g/mol. The van der Waals surface area contributed by atoms with Crippen LogP contribution >= 0.6 is 11.6 Å². The maximum Gasteiger partial charge on any atom is 0.345 e. The summed E-state index contributed by atoms with van der Waals surface area (Å²) in [6.07, 6.45) is -0.127. The quantitative estimate of drug-likeness (QED) is 0.202. The van der Waals surface area contributed by atoms with Gasteiger partial charge in [-0.15, -0.1) is 16.5 Å². The van der Waals surface area contributed by atoms with Gasteiger partial charge in [-0.2, -0.15) is 5.01 Å². The summed E-state index contributed by atoms with van der Waals surface area (Å²) in [5, 5.41) is 46.6. The van der Waals surface area contributed by atoms with Gasteiger partial charge < -0.3 is 25.2 Å². The van der Waals surface area contributed by atoms with Gasteiger partial charge in [0.25, 0.3) is 0 Å². The molecule has 0 unspecified atom stereocenters. The number of hydrogen-bond donors (Lipinski definition) is 4. The number of alkyl halides is 1. The molecule has 2 aliphatic rings. The summed E-state index contributed by atoms with van der Waals surface area (Å²) < 4.78 is 5.42. The third kappa shape index (κ3) is 5.00. The molecule has 2 rings (SSSR count). The number of nitrogens with zero attached hydrogens (tertiary/aromatic N) is 3. The van der Waals surface area contributed by atoms with Gasteiger partial charge in [0.05, 0.1) is 11.8 Å². The number of hydrogen-bond acceptors (Lipinski definition) is 8. The molecule has 1 aliphatic carbocycles. The van der Waals surface area contributed by atoms with Crippen LogP contribution in [0.2, 0.25) is 0 Å². The van der Waals surface area contributed by atoms with Crippen molar-refractivity contribution in [3.8, 4) is 0 Å². The number of amides is 2. The van der Waals surface area contributed by atoms with Crippen molar-refractivity contribution in [2.75, 3.05) is 19.0 Å². The summed E-state index contributed by atoms with van der Waals surface area (Å²) in [7, 11) is 0. The molecule has 1 saturated carbocycles. The molecule has 2 fully saturated rings. The van der Waals surface area contributed by atoms with Crippen LogP contribution in [0, 0.1) is 10.8 Å². The fourth-order valence-electron chi connectivity index (χ4n) is 4.23. The molecule has 0 spiro atoms. The molecule has 0 aromatic heterocycles. The molecule has 0 bridgehead atoms. The van der Waals surface area contributed by atoms with E-state index in [1.54, 1.807) is 13.8 Å². The van der Waals surface area contributed by atoms with Gasteiger partial charge in [-0.1, -0.05) is 33.1 Å². The van der Waals surface area contributed by atoms with Gasteiger partial charge in [-0.3, -0.25) is 4.90 Å². The van der Waals surface area contributed by atoms with E-state index in [1.807, 2.05) is 0 Å². The first kappa shape index (κ1) is 24.2. The second-order valence-corrected chi connectivity index (χ2v) is 8.72. The minimum absolute atomic E-state index is 0.0208. The van der Waals surface area contributed by atoms with Crippen LogP contribution in [0.5, 0.6) is 0 Å². The van der Waals surface area contributed by atoms with Gasteiger partial charge in [0, 0.05) is 18.3 Å². The lowest BCUT2D eigenvalue weighted by Gasteiger charge is -2.54. The van der Waals surface area contributed by atoms with Gasteiger partial charge in [0.15, 0.2) is 11.5 Å². The molecule has 0 aromatic rings. The van der Waals surface area contributed by atoms with E-state index >= 15 is 0 Å². The predicted molar refractivity (Wildman–Crippen MR) is 105 cm³/mol. The maximum absolute atomic E-state index is 13.1. The smallest absolute Gasteiger partial charge is 0.345 e. The minimum Gasteiger partial charge on any atom is -0.385 e. The van der Waals surface area contributed by atoms with Crippen molar-refractivity contribution in [2.24, 2.45) is 11.2 Å². The summed E-state index contributed by atoms with van der Waals surface area (Å²) in [6.45, 7) is 2.79. The Morgan fingerprint density at radius 3 is 2.34 bits per heavy atom. The summed E-state index contributed by atoms with van der Waals surface area (Å²) in [5.74, 6) is -2.19. The van der Waals surface area contributed by atoms with E-state index in [0.29, 0.717) is 17.9 Å². The molecule has 10 nitrogen and oxygen atoms in total. The zero-order valence-electron chi connectivity index (χ0n) is 16.9. The third-order valence-corrected chi connectivity index (χ3v) is 5.82. The molecule has 1 heterocycles. The molecule has 2 amide bonds. The highest BCUT2D eigenvalue weighted by molar-refractivity contribution is 6.18. The first-order valence-electron chi connectivity index (χ1n) is 10.1. The average molecular weight is 438 g/mol. The van der Waals surface area contributed by atoms with Crippen molar-refractivity contribution >= 4 is 17.6 Å². The molecule has 168 valence electrons. The minimum atomic E-state index is -2.35. The standard InChI is InChI=1S/C18H32ClN3O7/c1-12(2)10-18(27)15(24)14(23)17(26,11-29-18)22(13-6-4-3-5-7-13)16(25)21(20-28)9-8-19/h12-15,23-24,26-27H,3-11H2,1-2H3/t14-,15-,17+,18-/m0/s1. The number of carbonyl (C=O) groups is 1. The molecule has 0 aromatic carbocycles. The lowest BCUT2D eigenvalue weighted by atomic mass is 9.84. The fraction of sp³-hybridized carbons (Fsp3) is 0.944. The van der Waals surface area contributed by atoms with Crippen molar-refractivity contribution in [3.63, 3.8) is 0 Å². The number of carbonyl (C=O) groups excluding carboxylic acids is 1. The van der Waals surface area contributed by atoms with Crippen LogP contribution < -0.4 is 0 Å². The van der Waals surface area contributed by atoms with E-state index in [4.69, 9.17) is 16.3 Å². The van der Waals surface area contributed by atoms with E-state index in [0.717, 1.165) is 24.2 Å². The summed E-state index contributed by atoms with van der Waals surface area (Å²) in [4.78, 5) is 25.2. The first-order valence-corrected chi connectivity index (χ1v) is 10.6. The van der Waals surface area contributed by atoms with Gasteiger partial charge in [0.1, 0.15) is 18.8 Å². The number of urea groups is 1. The van der Waals surface area contributed by atoms with Gasteiger partial charge in [0.2, 0.25) is 0 Å². The highest BCUT2D eigenvalue weighted by Gasteiger charge is 2.60. The van der Waals surface area contributed by atoms with Crippen LogP contribution in [0.1, 0.15) is 52.4 Å². The van der Waals surface area contributed by atoms with Crippen molar-refractivity contribution < 1.29 is 30.0 Å². The van der Waals surface area contributed by atoms with Crippen LogP contribution in [0.25, 0.3) is 0 Å². The molecular formula is C18H32ClN3O7. The zero-order chi connectivity index (χ0) is 21.8. The van der Waals surface area contributed by atoms with E-state index in [-0.39, 0.29) is 24.8 Å². The third-order valence-electron chi connectivity index (χ3n) is 5.65. The molecule has 0 radical (unpaired) electrons. The lowest BCUT2D eigenvalue weighted by Crippen LogP contribution is -2.75. The second-order valence-electron chi connectivity index (χ2n) is 8.34. The number of halogens is 1. The Labute approximate surface area is 175 Å². The van der Waals surface area contributed by atoms with Crippen LogP contribution in [-0.2, 0) is 4.74 Å². The Hall–Kier alpha value is -1.04. The second kappa shape index (κ2) is 9.84. The van der Waals surface area contributed by atoms with Crippen molar-refractivity contribution in [2.45, 2.75) is 82.1 Å². The molecule has 4 atom stereocenters. The molecule has 1 saturated heterocycles. The maximum atomic E-state index is 13.1. The topological polar surface area (TPSA) is 143 Å². The highest BCUT2D eigenvalue weighted by Crippen LogP contribution is 2.39. The van der Waals surface area contributed by atoms with Crippen molar-refractivity contribution in [1.29, 1.82) is 0 Å². The van der Waals surface area contributed by atoms with E-state index in [9.17, 15) is 30.1 Å². The van der Waals surface area contributed by atoms with E-state index in [1.165, 1.54) is 0 Å². The fourth-order valence-corrected chi connectivity index (χ4v) is 4.39. The highest BCUT2D eigenvalue weighted by atomic mass is 35.5. The zero-order valence-corrected chi connectivity index (χ0v) is 17.7. The van der Waals surface area contributed by atoms with Crippen molar-refractivity contribution in [1.82, 2.24) is 9.91 Å².